The van der Waals surface area contributed by atoms with Gasteiger partial charge in [0.25, 0.3) is 0 Å². The average molecular weight is 401 g/mol. The number of para-hydroxylation sites is 1. The molecule has 2 aliphatic heterocycles. The molecule has 2 aliphatic rings. The largest absolute Gasteiger partial charge is 0.487 e. The molecule has 4 rings (SSSR count). The molecule has 2 heterocycles. The van der Waals surface area contributed by atoms with Crippen molar-refractivity contribution in [3.63, 3.8) is 0 Å². The molecule has 0 atom stereocenters. The molecule has 0 unspecified atom stereocenters. The summed E-state index contributed by atoms with van der Waals surface area (Å²) in [5.41, 5.74) is 1.26. The first-order chi connectivity index (χ1) is 13.4. The molecule has 2 aromatic carbocycles. The van der Waals surface area contributed by atoms with Gasteiger partial charge in [0.1, 0.15) is 11.4 Å². The van der Waals surface area contributed by atoms with Gasteiger partial charge in [0, 0.05) is 25.9 Å². The lowest BCUT2D eigenvalue weighted by atomic mass is 9.84. The van der Waals surface area contributed by atoms with Crippen molar-refractivity contribution in [3.8, 4) is 5.75 Å². The van der Waals surface area contributed by atoms with Crippen LogP contribution in [0.3, 0.4) is 0 Å². The Bertz CT molecular complexity index is 976. The van der Waals surface area contributed by atoms with E-state index in [0.29, 0.717) is 31.5 Å². The van der Waals surface area contributed by atoms with Crippen LogP contribution in [-0.2, 0) is 21.2 Å². The Kier molecular flexibility index (Phi) is 4.89. The first kappa shape index (κ1) is 19.0. The normalized spacial score (nSPS) is 18.9. The Morgan fingerprint density at radius 2 is 1.71 bits per heavy atom. The van der Waals surface area contributed by atoms with Gasteiger partial charge in [-0.3, -0.25) is 0 Å². The van der Waals surface area contributed by atoms with E-state index in [4.69, 9.17) is 4.74 Å². The van der Waals surface area contributed by atoms with Gasteiger partial charge in [-0.15, -0.1) is 0 Å². The quantitative estimate of drug-likeness (QED) is 0.739. The average Bonchev–Trinajstić information content (AvgIpc) is 2.73. The van der Waals surface area contributed by atoms with Crippen LogP contribution in [0.1, 0.15) is 35.2 Å². The molecule has 1 fully saturated rings. The van der Waals surface area contributed by atoms with Gasteiger partial charge in [0.2, 0.25) is 10.0 Å². The lowest BCUT2D eigenvalue weighted by Crippen LogP contribution is -2.51. The second-order valence-electron chi connectivity index (χ2n) is 7.31. The number of carbonyl (C=O) groups excluding carboxylic acids is 1. The molecule has 6 nitrogen and oxygen atoms in total. The number of benzene rings is 2. The third-order valence-electron chi connectivity index (χ3n) is 5.70. The summed E-state index contributed by atoms with van der Waals surface area (Å²) in [6.07, 6.45) is 3.20. The number of esters is 1. The molecule has 0 saturated carbocycles. The smallest absolute Gasteiger partial charge is 0.337 e. The topological polar surface area (TPSA) is 72.9 Å². The number of hydrogen-bond donors (Lipinski definition) is 0. The summed E-state index contributed by atoms with van der Waals surface area (Å²) in [4.78, 5) is 11.7. The van der Waals surface area contributed by atoms with Crippen molar-refractivity contribution in [3.05, 3.63) is 59.7 Å². The lowest BCUT2D eigenvalue weighted by molar-refractivity contribution is 0.00180. The number of nitrogens with zero attached hydrogens (tertiary/aromatic N) is 1. The monoisotopic (exact) mass is 401 g/mol. The fourth-order valence-corrected chi connectivity index (χ4v) is 5.41. The fourth-order valence-electron chi connectivity index (χ4n) is 3.97. The highest BCUT2D eigenvalue weighted by Gasteiger charge is 2.42. The fraction of sp³-hybridized carbons (Fsp3) is 0.381. The molecule has 0 aliphatic carbocycles. The van der Waals surface area contributed by atoms with Gasteiger partial charge in [0.15, 0.2) is 0 Å². The van der Waals surface area contributed by atoms with Crippen LogP contribution in [0.25, 0.3) is 0 Å². The maximum Gasteiger partial charge on any atom is 0.337 e. The summed E-state index contributed by atoms with van der Waals surface area (Å²) >= 11 is 0. The van der Waals surface area contributed by atoms with Gasteiger partial charge in [0.05, 0.1) is 17.6 Å². The van der Waals surface area contributed by atoms with Gasteiger partial charge >= 0.3 is 5.97 Å². The third kappa shape index (κ3) is 3.40. The van der Waals surface area contributed by atoms with E-state index >= 15 is 0 Å². The van der Waals surface area contributed by atoms with Crippen LogP contribution in [0.15, 0.2) is 53.4 Å². The summed E-state index contributed by atoms with van der Waals surface area (Å²) < 4.78 is 38.4. The zero-order valence-electron chi connectivity index (χ0n) is 15.8. The molecule has 0 aromatic heterocycles. The molecule has 2 aromatic rings. The molecule has 148 valence electrons. The molecule has 7 heteroatoms. The van der Waals surface area contributed by atoms with E-state index in [2.05, 4.69) is 10.8 Å². The van der Waals surface area contributed by atoms with Crippen molar-refractivity contribution in [2.45, 2.75) is 36.2 Å². The summed E-state index contributed by atoms with van der Waals surface area (Å²) in [5.74, 6) is 0.432. The number of carbonyl (C=O) groups is 1. The maximum absolute atomic E-state index is 13.0. The van der Waals surface area contributed by atoms with Gasteiger partial charge in [-0.2, -0.15) is 4.31 Å². The summed E-state index contributed by atoms with van der Waals surface area (Å²) in [6.45, 7) is 0.840. The zero-order chi connectivity index (χ0) is 19.8. The van der Waals surface area contributed by atoms with E-state index in [0.717, 1.165) is 18.6 Å². The number of fused-ring (bicyclic) bond motifs is 1. The summed E-state index contributed by atoms with van der Waals surface area (Å²) in [6, 6.07) is 13.9. The van der Waals surface area contributed by atoms with E-state index < -0.39 is 16.0 Å². The second kappa shape index (κ2) is 7.22. The summed E-state index contributed by atoms with van der Waals surface area (Å²) in [5, 5.41) is 0. The molecular weight excluding hydrogens is 378 g/mol. The second-order valence-corrected chi connectivity index (χ2v) is 9.25. The molecular formula is C21H23NO5S. The lowest BCUT2D eigenvalue weighted by Gasteiger charge is -2.44. The molecule has 0 N–H and O–H groups in total. The Labute approximate surface area is 165 Å². The Hall–Kier alpha value is -2.38. The number of aryl methyl sites for hydroxylation is 1. The van der Waals surface area contributed by atoms with Crippen LogP contribution in [0.4, 0.5) is 0 Å². The first-order valence-electron chi connectivity index (χ1n) is 9.39. The van der Waals surface area contributed by atoms with E-state index in [1.165, 1.54) is 41.2 Å². The number of methoxy groups -OCH3 is 1. The number of ether oxygens (including phenoxy) is 2. The van der Waals surface area contributed by atoms with Crippen molar-refractivity contribution in [2.75, 3.05) is 20.2 Å². The Balaban J connectivity index is 1.47. The van der Waals surface area contributed by atoms with Crippen molar-refractivity contribution >= 4 is 16.0 Å². The van der Waals surface area contributed by atoms with E-state index in [1.807, 2.05) is 18.2 Å². The Morgan fingerprint density at radius 3 is 2.39 bits per heavy atom. The highest BCUT2D eigenvalue weighted by molar-refractivity contribution is 7.89. The van der Waals surface area contributed by atoms with Crippen molar-refractivity contribution in [1.29, 1.82) is 0 Å². The van der Waals surface area contributed by atoms with Gasteiger partial charge in [-0.25, -0.2) is 13.2 Å². The molecule has 1 spiro atoms. The first-order valence-corrected chi connectivity index (χ1v) is 10.8. The minimum Gasteiger partial charge on any atom is -0.487 e. The van der Waals surface area contributed by atoms with Crippen LogP contribution >= 0.6 is 0 Å². The maximum atomic E-state index is 13.0. The highest BCUT2D eigenvalue weighted by Crippen LogP contribution is 2.40. The van der Waals surface area contributed by atoms with Crippen molar-refractivity contribution in [2.24, 2.45) is 0 Å². The van der Waals surface area contributed by atoms with Gasteiger partial charge < -0.3 is 9.47 Å². The van der Waals surface area contributed by atoms with Crippen LogP contribution in [0.5, 0.6) is 5.75 Å². The van der Waals surface area contributed by atoms with E-state index in [9.17, 15) is 13.2 Å². The minimum atomic E-state index is -3.60. The molecule has 28 heavy (non-hydrogen) atoms. The number of rotatable bonds is 3. The number of sulfonamides is 1. The molecule has 1 saturated heterocycles. The molecule has 0 amide bonds. The SMILES string of the molecule is COC(=O)c1ccc(S(=O)(=O)N2CCC3(CCc4ccccc4O3)CC2)cc1. The van der Waals surface area contributed by atoms with Crippen LogP contribution in [0, 0.1) is 0 Å². The van der Waals surface area contributed by atoms with E-state index in [-0.39, 0.29) is 10.5 Å². The van der Waals surface area contributed by atoms with Gasteiger partial charge in [-0.05, 0) is 48.7 Å². The Morgan fingerprint density at radius 1 is 1.04 bits per heavy atom. The number of hydrogen-bond acceptors (Lipinski definition) is 5. The third-order valence-corrected chi connectivity index (χ3v) is 7.61. The number of piperidine rings is 1. The highest BCUT2D eigenvalue weighted by atomic mass is 32.2. The van der Waals surface area contributed by atoms with Crippen LogP contribution in [-0.4, -0.2) is 44.5 Å². The van der Waals surface area contributed by atoms with Crippen LogP contribution in [0.2, 0.25) is 0 Å². The predicted molar refractivity (Wildman–Crippen MR) is 104 cm³/mol. The standard InChI is InChI=1S/C21H23NO5S/c1-26-20(23)17-6-8-18(9-7-17)28(24,25)22-14-12-21(13-15-22)11-10-16-4-2-3-5-19(16)27-21/h2-9H,10-15H2,1H3. The zero-order valence-corrected chi connectivity index (χ0v) is 16.6. The minimum absolute atomic E-state index is 0.186. The van der Waals surface area contributed by atoms with Crippen LogP contribution < -0.4 is 4.74 Å². The predicted octanol–water partition coefficient (Wildman–Crippen LogP) is 3.02. The molecule has 0 bridgehead atoms. The van der Waals surface area contributed by atoms with E-state index in [1.54, 1.807) is 0 Å². The summed E-state index contributed by atoms with van der Waals surface area (Å²) in [7, 11) is -2.31. The molecule has 0 radical (unpaired) electrons. The van der Waals surface area contributed by atoms with Crippen molar-refractivity contribution < 1.29 is 22.7 Å². The van der Waals surface area contributed by atoms with Gasteiger partial charge in [-0.1, -0.05) is 18.2 Å². The van der Waals surface area contributed by atoms with Crippen molar-refractivity contribution in [1.82, 2.24) is 4.31 Å².